The SMILES string of the molecule is COCCNC(=O)NC(=O)CSc1nccn1-c1ccccc1C(C)C. The van der Waals surface area contributed by atoms with E-state index < -0.39 is 6.03 Å². The van der Waals surface area contributed by atoms with Crippen molar-refractivity contribution >= 4 is 23.7 Å². The highest BCUT2D eigenvalue weighted by Gasteiger charge is 2.14. The molecule has 1 aromatic heterocycles. The van der Waals surface area contributed by atoms with Crippen LogP contribution in [0, 0.1) is 0 Å². The molecule has 140 valence electrons. The maximum Gasteiger partial charge on any atom is 0.321 e. The molecular weight excluding hydrogens is 352 g/mol. The highest BCUT2D eigenvalue weighted by Crippen LogP contribution is 2.26. The first-order chi connectivity index (χ1) is 12.5. The number of nitrogens with zero attached hydrogens (tertiary/aromatic N) is 2. The number of methoxy groups -OCH3 is 1. The number of hydrogen-bond donors (Lipinski definition) is 2. The van der Waals surface area contributed by atoms with Gasteiger partial charge in [0.25, 0.3) is 0 Å². The molecule has 0 spiro atoms. The zero-order valence-corrected chi connectivity index (χ0v) is 16.0. The number of imide groups is 1. The molecule has 1 aromatic carbocycles. The Morgan fingerprint density at radius 2 is 2.08 bits per heavy atom. The fraction of sp³-hybridized carbons (Fsp3) is 0.389. The van der Waals surface area contributed by atoms with Crippen LogP contribution in [0.3, 0.4) is 0 Å². The summed E-state index contributed by atoms with van der Waals surface area (Å²) in [6.45, 7) is 5.01. The van der Waals surface area contributed by atoms with Gasteiger partial charge in [0.2, 0.25) is 5.91 Å². The summed E-state index contributed by atoms with van der Waals surface area (Å²) in [6, 6.07) is 7.59. The molecule has 0 atom stereocenters. The van der Waals surface area contributed by atoms with Crippen molar-refractivity contribution < 1.29 is 14.3 Å². The smallest absolute Gasteiger partial charge is 0.321 e. The van der Waals surface area contributed by atoms with Crippen molar-refractivity contribution in [3.8, 4) is 5.69 Å². The first-order valence-electron chi connectivity index (χ1n) is 8.35. The number of amides is 3. The lowest BCUT2D eigenvalue weighted by Crippen LogP contribution is -2.41. The van der Waals surface area contributed by atoms with Crippen molar-refractivity contribution in [1.82, 2.24) is 20.2 Å². The normalized spacial score (nSPS) is 10.8. The predicted octanol–water partition coefficient (Wildman–Crippen LogP) is 2.56. The summed E-state index contributed by atoms with van der Waals surface area (Å²) in [6.07, 6.45) is 3.58. The van der Waals surface area contributed by atoms with Crippen molar-refractivity contribution in [1.29, 1.82) is 0 Å². The third kappa shape index (κ3) is 5.60. The summed E-state index contributed by atoms with van der Waals surface area (Å²) in [5, 5.41) is 5.53. The average molecular weight is 376 g/mol. The number of imidazole rings is 1. The molecule has 0 radical (unpaired) electrons. The van der Waals surface area contributed by atoms with E-state index in [1.165, 1.54) is 17.3 Å². The fourth-order valence-corrected chi connectivity index (χ4v) is 3.14. The third-order valence-corrected chi connectivity index (χ3v) is 4.57. The summed E-state index contributed by atoms with van der Waals surface area (Å²) in [5.74, 6) is 0.0839. The topological polar surface area (TPSA) is 85.2 Å². The molecular formula is C18H24N4O3S. The van der Waals surface area contributed by atoms with Gasteiger partial charge < -0.3 is 10.1 Å². The Balaban J connectivity index is 1.97. The highest BCUT2D eigenvalue weighted by atomic mass is 32.2. The number of ether oxygens (including phenoxy) is 1. The van der Waals surface area contributed by atoms with Crippen molar-refractivity contribution in [3.63, 3.8) is 0 Å². The molecule has 3 amide bonds. The van der Waals surface area contributed by atoms with Gasteiger partial charge in [-0.25, -0.2) is 9.78 Å². The van der Waals surface area contributed by atoms with Gasteiger partial charge in [0.15, 0.2) is 5.16 Å². The molecule has 0 aliphatic heterocycles. The van der Waals surface area contributed by atoms with Crippen LogP contribution in [-0.4, -0.2) is 47.5 Å². The van der Waals surface area contributed by atoms with E-state index in [2.05, 4.69) is 35.5 Å². The van der Waals surface area contributed by atoms with Gasteiger partial charge in [0.05, 0.1) is 18.0 Å². The molecule has 2 N–H and O–H groups in total. The number of para-hydroxylation sites is 1. The van der Waals surface area contributed by atoms with E-state index in [-0.39, 0.29) is 11.7 Å². The van der Waals surface area contributed by atoms with Gasteiger partial charge in [0.1, 0.15) is 0 Å². The third-order valence-electron chi connectivity index (χ3n) is 3.60. The Kier molecular flexibility index (Phi) is 7.68. The number of aromatic nitrogens is 2. The molecule has 0 aliphatic carbocycles. The minimum absolute atomic E-state index is 0.0958. The molecule has 0 saturated heterocycles. The molecule has 0 aliphatic rings. The second-order valence-corrected chi connectivity index (χ2v) is 6.82. The Hall–Kier alpha value is -2.32. The van der Waals surface area contributed by atoms with Crippen molar-refractivity contribution in [2.75, 3.05) is 26.0 Å². The lowest BCUT2D eigenvalue weighted by Gasteiger charge is -2.15. The van der Waals surface area contributed by atoms with Gasteiger partial charge >= 0.3 is 6.03 Å². The van der Waals surface area contributed by atoms with E-state index in [0.717, 1.165) is 5.69 Å². The van der Waals surface area contributed by atoms with Crippen LogP contribution < -0.4 is 10.6 Å². The Morgan fingerprint density at radius 1 is 1.31 bits per heavy atom. The largest absolute Gasteiger partial charge is 0.383 e. The summed E-state index contributed by atoms with van der Waals surface area (Å²) in [4.78, 5) is 27.8. The standard InChI is InChI=1S/C18H24N4O3S/c1-13(2)14-6-4-5-7-15(14)22-10-8-20-18(22)26-12-16(23)21-17(24)19-9-11-25-3/h4-8,10,13H,9,11-12H2,1-3H3,(H2,19,21,23,24). The zero-order chi connectivity index (χ0) is 18.9. The number of urea groups is 1. The minimum Gasteiger partial charge on any atom is -0.383 e. The number of hydrogen-bond acceptors (Lipinski definition) is 5. The number of thioether (sulfide) groups is 1. The van der Waals surface area contributed by atoms with Crippen molar-refractivity contribution in [2.45, 2.75) is 24.9 Å². The minimum atomic E-state index is -0.527. The first kappa shape index (κ1) is 20.0. The van der Waals surface area contributed by atoms with Gasteiger partial charge in [-0.15, -0.1) is 0 Å². The number of benzene rings is 1. The zero-order valence-electron chi connectivity index (χ0n) is 15.2. The van der Waals surface area contributed by atoms with Crippen LogP contribution >= 0.6 is 11.8 Å². The van der Waals surface area contributed by atoms with Crippen molar-refractivity contribution in [2.24, 2.45) is 0 Å². The Bertz CT molecular complexity index is 746. The van der Waals surface area contributed by atoms with Gasteiger partial charge in [-0.2, -0.15) is 0 Å². The lowest BCUT2D eigenvalue weighted by molar-refractivity contribution is -0.117. The van der Waals surface area contributed by atoms with Crippen LogP contribution in [0.5, 0.6) is 0 Å². The molecule has 1 heterocycles. The van der Waals surface area contributed by atoms with E-state index in [9.17, 15) is 9.59 Å². The van der Waals surface area contributed by atoms with Crippen molar-refractivity contribution in [3.05, 3.63) is 42.2 Å². The van der Waals surface area contributed by atoms with Gasteiger partial charge in [-0.3, -0.25) is 14.7 Å². The fourth-order valence-electron chi connectivity index (χ4n) is 2.38. The maximum atomic E-state index is 11.9. The first-order valence-corrected chi connectivity index (χ1v) is 9.33. The number of carbonyl (C=O) groups is 2. The number of nitrogens with one attached hydrogen (secondary N) is 2. The van der Waals surface area contributed by atoms with Gasteiger partial charge in [-0.1, -0.05) is 43.8 Å². The molecule has 7 nitrogen and oxygen atoms in total. The van der Waals surface area contributed by atoms with Crippen LogP contribution in [0.2, 0.25) is 0 Å². The van der Waals surface area contributed by atoms with E-state index in [0.29, 0.717) is 24.2 Å². The quantitative estimate of drug-likeness (QED) is 0.546. The maximum absolute atomic E-state index is 11.9. The van der Waals surface area contributed by atoms with Gasteiger partial charge in [0, 0.05) is 26.0 Å². The average Bonchev–Trinajstić information content (AvgIpc) is 3.08. The second kappa shape index (κ2) is 9.98. The van der Waals surface area contributed by atoms with Gasteiger partial charge in [-0.05, 0) is 17.5 Å². The van der Waals surface area contributed by atoms with Crippen LogP contribution in [0.25, 0.3) is 5.69 Å². The monoisotopic (exact) mass is 376 g/mol. The van der Waals surface area contributed by atoms with Crippen LogP contribution in [0.4, 0.5) is 4.79 Å². The van der Waals surface area contributed by atoms with E-state index in [1.807, 2.05) is 29.0 Å². The molecule has 2 aromatic rings. The number of rotatable bonds is 8. The summed E-state index contributed by atoms with van der Waals surface area (Å²) < 4.78 is 6.80. The Labute approximate surface area is 157 Å². The molecule has 0 saturated carbocycles. The molecule has 8 heteroatoms. The second-order valence-electron chi connectivity index (χ2n) is 5.88. The van der Waals surface area contributed by atoms with Crippen LogP contribution in [-0.2, 0) is 9.53 Å². The van der Waals surface area contributed by atoms with E-state index in [4.69, 9.17) is 4.74 Å². The molecule has 0 unspecified atom stereocenters. The van der Waals surface area contributed by atoms with Crippen LogP contribution in [0.1, 0.15) is 25.3 Å². The Morgan fingerprint density at radius 3 is 2.81 bits per heavy atom. The van der Waals surface area contributed by atoms with Crippen LogP contribution in [0.15, 0.2) is 41.8 Å². The van der Waals surface area contributed by atoms with E-state index >= 15 is 0 Å². The molecule has 26 heavy (non-hydrogen) atoms. The summed E-state index contributed by atoms with van der Waals surface area (Å²) in [7, 11) is 1.54. The lowest BCUT2D eigenvalue weighted by atomic mass is 10.0. The summed E-state index contributed by atoms with van der Waals surface area (Å²) in [5.41, 5.74) is 2.24. The summed E-state index contributed by atoms with van der Waals surface area (Å²) >= 11 is 1.28. The molecule has 0 fully saturated rings. The predicted molar refractivity (Wildman–Crippen MR) is 102 cm³/mol. The molecule has 0 bridgehead atoms. The molecule has 2 rings (SSSR count). The highest BCUT2D eigenvalue weighted by molar-refractivity contribution is 7.99. The number of carbonyl (C=O) groups excluding carboxylic acids is 2. The van der Waals surface area contributed by atoms with E-state index in [1.54, 1.807) is 13.3 Å².